The number of aromatic nitrogens is 2. The number of imidazole rings is 1. The van der Waals surface area contributed by atoms with E-state index in [9.17, 15) is 13.2 Å². The molecule has 1 saturated heterocycles. The summed E-state index contributed by atoms with van der Waals surface area (Å²) in [6.45, 7) is 1.31. The molecular formula is C17H22N4O3S. The van der Waals surface area contributed by atoms with Gasteiger partial charge in [-0.3, -0.25) is 4.79 Å². The summed E-state index contributed by atoms with van der Waals surface area (Å²) in [5, 5.41) is 5.13. The highest BCUT2D eigenvalue weighted by atomic mass is 32.2. The van der Waals surface area contributed by atoms with Gasteiger partial charge in [-0.25, -0.2) is 18.5 Å². The lowest BCUT2D eigenvalue weighted by Crippen LogP contribution is -2.33. The monoisotopic (exact) mass is 362 g/mol. The molecule has 0 spiro atoms. The zero-order valence-electron chi connectivity index (χ0n) is 14.0. The van der Waals surface area contributed by atoms with Crippen LogP contribution >= 0.6 is 0 Å². The third-order valence-electron chi connectivity index (χ3n) is 5.03. The van der Waals surface area contributed by atoms with Gasteiger partial charge in [-0.15, -0.1) is 0 Å². The second kappa shape index (κ2) is 6.10. The van der Waals surface area contributed by atoms with Gasteiger partial charge in [0.15, 0.2) is 0 Å². The summed E-state index contributed by atoms with van der Waals surface area (Å²) in [5.41, 5.74) is 1.91. The van der Waals surface area contributed by atoms with Crippen molar-refractivity contribution in [3.8, 4) is 0 Å². The lowest BCUT2D eigenvalue weighted by molar-refractivity contribution is -0.130. The maximum atomic E-state index is 12.8. The third kappa shape index (κ3) is 3.55. The van der Waals surface area contributed by atoms with Crippen molar-refractivity contribution in [3.63, 3.8) is 0 Å². The summed E-state index contributed by atoms with van der Waals surface area (Å²) in [5.74, 6) is 1.34. The molecular weight excluding hydrogens is 340 g/mol. The average molecular weight is 362 g/mol. The highest BCUT2D eigenvalue weighted by Gasteiger charge is 2.32. The molecule has 0 bridgehead atoms. The van der Waals surface area contributed by atoms with Crippen molar-refractivity contribution >= 4 is 27.0 Å². The molecule has 4 rings (SSSR count). The predicted octanol–water partition coefficient (Wildman–Crippen LogP) is 1.05. The number of carbonyl (C=O) groups excluding carboxylic acids is 1. The first-order chi connectivity index (χ1) is 11.9. The van der Waals surface area contributed by atoms with E-state index in [0.717, 1.165) is 29.7 Å². The Hall–Kier alpha value is -1.93. The van der Waals surface area contributed by atoms with Crippen molar-refractivity contribution < 1.29 is 13.2 Å². The molecule has 134 valence electrons. The number of hydrogen-bond donors (Lipinski definition) is 1. The minimum absolute atomic E-state index is 0.0157. The lowest BCUT2D eigenvalue weighted by atomic mass is 10.2. The average Bonchev–Trinajstić information content (AvgIpc) is 3.19. The van der Waals surface area contributed by atoms with Gasteiger partial charge in [0.1, 0.15) is 12.4 Å². The number of likely N-dealkylation sites (tertiary alicyclic amines) is 1. The first-order valence-electron chi connectivity index (χ1n) is 8.64. The first kappa shape index (κ1) is 16.5. The molecule has 2 heterocycles. The molecule has 1 aromatic heterocycles. The van der Waals surface area contributed by atoms with Crippen molar-refractivity contribution in [2.45, 2.75) is 31.7 Å². The maximum absolute atomic E-state index is 12.8. The van der Waals surface area contributed by atoms with Crippen LogP contribution in [0.1, 0.15) is 31.0 Å². The molecule has 1 aliphatic carbocycles. The van der Waals surface area contributed by atoms with Gasteiger partial charge in [0.2, 0.25) is 15.9 Å². The van der Waals surface area contributed by atoms with Gasteiger partial charge in [-0.2, -0.15) is 0 Å². The van der Waals surface area contributed by atoms with E-state index in [1.165, 1.54) is 0 Å². The van der Waals surface area contributed by atoms with Gasteiger partial charge in [-0.1, -0.05) is 12.1 Å². The Morgan fingerprint density at radius 3 is 2.72 bits per heavy atom. The van der Waals surface area contributed by atoms with Gasteiger partial charge in [0, 0.05) is 19.0 Å². The molecule has 2 fully saturated rings. The Morgan fingerprint density at radius 1 is 1.24 bits per heavy atom. The number of rotatable bonds is 5. The van der Waals surface area contributed by atoms with Gasteiger partial charge in [-0.05, 0) is 37.3 Å². The first-order valence-corrected chi connectivity index (χ1v) is 10.4. The molecule has 2 aliphatic rings. The molecule has 1 atom stereocenters. The smallest absolute Gasteiger partial charge is 0.242 e. The molecule has 8 heteroatoms. The molecule has 25 heavy (non-hydrogen) atoms. The number of sulfonamides is 1. The van der Waals surface area contributed by atoms with E-state index in [-0.39, 0.29) is 24.1 Å². The van der Waals surface area contributed by atoms with E-state index in [2.05, 4.69) is 0 Å². The van der Waals surface area contributed by atoms with Crippen LogP contribution in [0.4, 0.5) is 0 Å². The minimum atomic E-state index is -3.50. The standard InChI is InChI=1S/C17H22N4O3S/c18-25(23,24)11-12-7-8-20(9-12)16(22)10-21-15-4-2-1-3-14(15)19-17(21)13-5-6-13/h1-4,12-13H,5-11H2,(H2,18,23,24)/t12-/m1/s1. The number of amides is 1. The molecule has 7 nitrogen and oxygen atoms in total. The quantitative estimate of drug-likeness (QED) is 0.859. The van der Waals surface area contributed by atoms with Crippen molar-refractivity contribution in [1.29, 1.82) is 0 Å². The number of hydrogen-bond acceptors (Lipinski definition) is 4. The maximum Gasteiger partial charge on any atom is 0.242 e. The molecule has 1 saturated carbocycles. The van der Waals surface area contributed by atoms with Crippen molar-refractivity contribution in [2.24, 2.45) is 11.1 Å². The third-order valence-corrected chi connectivity index (χ3v) is 5.96. The summed E-state index contributed by atoms with van der Waals surface area (Å²) in [6.07, 6.45) is 2.93. The van der Waals surface area contributed by atoms with Crippen LogP contribution in [-0.4, -0.2) is 47.6 Å². The fraction of sp³-hybridized carbons (Fsp3) is 0.529. The van der Waals surface area contributed by atoms with Crippen LogP contribution in [0.25, 0.3) is 11.0 Å². The summed E-state index contributed by atoms with van der Waals surface area (Å²) < 4.78 is 24.5. The molecule has 1 amide bonds. The molecule has 2 aromatic rings. The second-order valence-corrected chi connectivity index (χ2v) is 8.80. The van der Waals surface area contributed by atoms with Crippen molar-refractivity contribution in [2.75, 3.05) is 18.8 Å². The lowest BCUT2D eigenvalue weighted by Gasteiger charge is -2.18. The van der Waals surface area contributed by atoms with Crippen molar-refractivity contribution in [3.05, 3.63) is 30.1 Å². The summed E-state index contributed by atoms with van der Waals surface area (Å²) in [7, 11) is -3.50. The van der Waals surface area contributed by atoms with Gasteiger partial charge >= 0.3 is 0 Å². The van der Waals surface area contributed by atoms with Gasteiger partial charge in [0.25, 0.3) is 0 Å². The Morgan fingerprint density at radius 2 is 2.00 bits per heavy atom. The zero-order valence-corrected chi connectivity index (χ0v) is 14.8. The number of primary sulfonamides is 1. The molecule has 1 aliphatic heterocycles. The summed E-state index contributed by atoms with van der Waals surface area (Å²) >= 11 is 0. The number of para-hydroxylation sites is 2. The Balaban J connectivity index is 1.52. The van der Waals surface area contributed by atoms with E-state index in [1.807, 2.05) is 28.8 Å². The zero-order chi connectivity index (χ0) is 17.6. The number of carbonyl (C=O) groups is 1. The van der Waals surface area contributed by atoms with Crippen LogP contribution in [0.15, 0.2) is 24.3 Å². The number of nitrogens with zero attached hydrogens (tertiary/aromatic N) is 3. The second-order valence-electron chi connectivity index (χ2n) is 7.14. The van der Waals surface area contributed by atoms with E-state index >= 15 is 0 Å². The Kier molecular flexibility index (Phi) is 4.04. The highest BCUT2D eigenvalue weighted by molar-refractivity contribution is 7.89. The minimum Gasteiger partial charge on any atom is -0.341 e. The van der Waals surface area contributed by atoms with Crippen LogP contribution in [-0.2, 0) is 21.4 Å². The number of benzene rings is 1. The molecule has 2 N–H and O–H groups in total. The predicted molar refractivity (Wildman–Crippen MR) is 94.4 cm³/mol. The van der Waals surface area contributed by atoms with E-state index in [1.54, 1.807) is 4.90 Å². The summed E-state index contributed by atoms with van der Waals surface area (Å²) in [4.78, 5) is 19.2. The topological polar surface area (TPSA) is 98.3 Å². The fourth-order valence-corrected chi connectivity index (χ4v) is 4.60. The fourth-order valence-electron chi connectivity index (χ4n) is 3.67. The molecule has 1 aromatic carbocycles. The normalized spacial score (nSPS) is 21.2. The highest BCUT2D eigenvalue weighted by Crippen LogP contribution is 2.40. The number of fused-ring (bicyclic) bond motifs is 1. The van der Waals surface area contributed by atoms with E-state index in [0.29, 0.717) is 25.4 Å². The van der Waals surface area contributed by atoms with Crippen LogP contribution < -0.4 is 5.14 Å². The summed E-state index contributed by atoms with van der Waals surface area (Å²) in [6, 6.07) is 7.88. The SMILES string of the molecule is NS(=O)(=O)C[C@@H]1CCN(C(=O)Cn2c(C3CC3)nc3ccccc32)C1. The Labute approximate surface area is 146 Å². The van der Waals surface area contributed by atoms with Crippen LogP contribution in [0, 0.1) is 5.92 Å². The molecule has 0 unspecified atom stereocenters. The van der Waals surface area contributed by atoms with E-state index in [4.69, 9.17) is 10.1 Å². The molecule has 0 radical (unpaired) electrons. The van der Waals surface area contributed by atoms with Crippen molar-refractivity contribution in [1.82, 2.24) is 14.5 Å². The van der Waals surface area contributed by atoms with Crippen LogP contribution in [0.5, 0.6) is 0 Å². The van der Waals surface area contributed by atoms with Gasteiger partial charge < -0.3 is 9.47 Å². The van der Waals surface area contributed by atoms with Crippen LogP contribution in [0.3, 0.4) is 0 Å². The number of nitrogens with two attached hydrogens (primary N) is 1. The Bertz CT molecular complexity index is 917. The largest absolute Gasteiger partial charge is 0.341 e. The van der Waals surface area contributed by atoms with Crippen LogP contribution in [0.2, 0.25) is 0 Å². The van der Waals surface area contributed by atoms with E-state index < -0.39 is 10.0 Å². The van der Waals surface area contributed by atoms with Gasteiger partial charge in [0.05, 0.1) is 16.8 Å².